The molecule has 1 atom stereocenters. The molecule has 184 valence electrons. The average Bonchev–Trinajstić information content (AvgIpc) is 3.17. The summed E-state index contributed by atoms with van der Waals surface area (Å²) >= 11 is 0. The van der Waals surface area contributed by atoms with E-state index in [-0.39, 0.29) is 29.7 Å². The number of hydrogen-bond acceptors (Lipinski definition) is 7. The number of sulfone groups is 1. The van der Waals surface area contributed by atoms with Crippen LogP contribution in [0.5, 0.6) is 0 Å². The highest BCUT2D eigenvalue weighted by molar-refractivity contribution is 7.90. The Morgan fingerprint density at radius 1 is 1.23 bits per heavy atom. The number of amides is 1. The monoisotopic (exact) mass is 495 g/mol. The van der Waals surface area contributed by atoms with Gasteiger partial charge in [0.05, 0.1) is 23.7 Å². The third-order valence-corrected chi connectivity index (χ3v) is 7.16. The number of ketones is 1. The largest absolute Gasteiger partial charge is 0.382 e. The van der Waals surface area contributed by atoms with E-state index in [1.807, 2.05) is 30.3 Å². The van der Waals surface area contributed by atoms with Crippen LogP contribution in [-0.2, 0) is 22.8 Å². The van der Waals surface area contributed by atoms with Gasteiger partial charge in [0.1, 0.15) is 15.5 Å². The molecule has 0 spiro atoms. The van der Waals surface area contributed by atoms with Gasteiger partial charge in [-0.1, -0.05) is 43.7 Å². The number of Topliss-reactive ketones (excluding diaryl/α,β-unsaturated/α-hetero) is 1. The van der Waals surface area contributed by atoms with E-state index in [0.29, 0.717) is 35.6 Å². The number of aromatic nitrogens is 3. The number of carbonyl (C=O) groups is 2. The summed E-state index contributed by atoms with van der Waals surface area (Å²) in [6.45, 7) is 2.63. The van der Waals surface area contributed by atoms with Crippen molar-refractivity contribution in [2.45, 2.75) is 32.7 Å². The maximum absolute atomic E-state index is 13.1. The lowest BCUT2D eigenvalue weighted by Gasteiger charge is -2.21. The van der Waals surface area contributed by atoms with Crippen LogP contribution in [0.1, 0.15) is 51.9 Å². The molecule has 35 heavy (non-hydrogen) atoms. The zero-order chi connectivity index (χ0) is 25.2. The molecule has 0 bridgehead atoms. The normalized spacial score (nSPS) is 15.6. The Kier molecular flexibility index (Phi) is 7.02. The number of primary amides is 1. The van der Waals surface area contributed by atoms with E-state index < -0.39 is 15.7 Å². The molecule has 1 aliphatic carbocycles. The van der Waals surface area contributed by atoms with Crippen LogP contribution in [-0.4, -0.2) is 53.4 Å². The zero-order valence-electron chi connectivity index (χ0n) is 19.8. The zero-order valence-corrected chi connectivity index (χ0v) is 20.6. The van der Waals surface area contributed by atoms with Crippen LogP contribution in [0.15, 0.2) is 42.6 Å². The highest BCUT2D eigenvalue weighted by atomic mass is 32.2. The van der Waals surface area contributed by atoms with Gasteiger partial charge in [-0.2, -0.15) is 5.10 Å². The van der Waals surface area contributed by atoms with Crippen LogP contribution in [0.25, 0.3) is 11.3 Å². The van der Waals surface area contributed by atoms with Gasteiger partial charge in [0.25, 0.3) is 5.91 Å². The van der Waals surface area contributed by atoms with Crippen molar-refractivity contribution >= 4 is 27.2 Å². The molecule has 1 aliphatic rings. The van der Waals surface area contributed by atoms with Gasteiger partial charge in [0, 0.05) is 36.5 Å². The number of nitrogens with zero attached hydrogens (tertiary/aromatic N) is 3. The second kappa shape index (κ2) is 9.99. The summed E-state index contributed by atoms with van der Waals surface area (Å²) in [5.41, 5.74) is 9.62. The highest BCUT2D eigenvalue weighted by Crippen LogP contribution is 2.36. The summed E-state index contributed by atoms with van der Waals surface area (Å²) in [4.78, 5) is 29.3. The van der Waals surface area contributed by atoms with Gasteiger partial charge in [-0.25, -0.2) is 13.4 Å². The summed E-state index contributed by atoms with van der Waals surface area (Å²) < 4.78 is 24.8. The van der Waals surface area contributed by atoms with E-state index in [2.05, 4.69) is 17.2 Å². The predicted molar refractivity (Wildman–Crippen MR) is 134 cm³/mol. The van der Waals surface area contributed by atoms with Crippen molar-refractivity contribution in [3.8, 4) is 11.3 Å². The van der Waals surface area contributed by atoms with Crippen molar-refractivity contribution in [1.82, 2.24) is 14.8 Å². The third kappa shape index (κ3) is 5.59. The van der Waals surface area contributed by atoms with E-state index in [1.54, 1.807) is 10.7 Å². The van der Waals surface area contributed by atoms with Crippen LogP contribution in [0, 0.1) is 5.92 Å². The van der Waals surface area contributed by atoms with Crippen molar-refractivity contribution in [3.05, 3.63) is 65.1 Å². The van der Waals surface area contributed by atoms with Crippen LogP contribution >= 0.6 is 0 Å². The molecule has 3 aromatic rings. The molecule has 1 amide bonds. The Bertz CT molecular complexity index is 1370. The Morgan fingerprint density at radius 2 is 1.97 bits per heavy atom. The molecule has 1 unspecified atom stereocenters. The molecular formula is C25H29N5O4S. The van der Waals surface area contributed by atoms with Crippen LogP contribution in [0.2, 0.25) is 0 Å². The average molecular weight is 496 g/mol. The molecule has 10 heteroatoms. The Balaban J connectivity index is 1.78. The first kappa shape index (κ1) is 24.6. The Hall–Kier alpha value is -3.53. The number of fused-ring (bicyclic) bond motifs is 1. The number of benzene rings is 1. The topological polar surface area (TPSA) is 137 Å². The SMILES string of the molecule is CCC1CC(=O)c2c(c(-c3cnc(C(N)=O)c(NCCS(C)(=O)=O)c3)nn2Cc2ccccc2)C1. The van der Waals surface area contributed by atoms with Crippen molar-refractivity contribution < 1.29 is 18.0 Å². The van der Waals surface area contributed by atoms with E-state index in [9.17, 15) is 18.0 Å². The van der Waals surface area contributed by atoms with E-state index >= 15 is 0 Å². The van der Waals surface area contributed by atoms with E-state index in [0.717, 1.165) is 30.2 Å². The lowest BCUT2D eigenvalue weighted by molar-refractivity contribution is 0.0936. The molecule has 0 saturated heterocycles. The quantitative estimate of drug-likeness (QED) is 0.466. The second-order valence-corrected chi connectivity index (χ2v) is 11.2. The molecule has 2 aromatic heterocycles. The molecule has 0 saturated carbocycles. The number of pyridine rings is 1. The number of nitrogens with one attached hydrogen (secondary N) is 1. The summed E-state index contributed by atoms with van der Waals surface area (Å²) in [5.74, 6) is -0.533. The van der Waals surface area contributed by atoms with Gasteiger partial charge in [-0.3, -0.25) is 14.3 Å². The Labute approximate surface area is 204 Å². The molecule has 0 aliphatic heterocycles. The van der Waals surface area contributed by atoms with E-state index in [4.69, 9.17) is 10.8 Å². The van der Waals surface area contributed by atoms with Crippen molar-refractivity contribution in [1.29, 1.82) is 0 Å². The van der Waals surface area contributed by atoms with Crippen LogP contribution in [0.4, 0.5) is 5.69 Å². The summed E-state index contributed by atoms with van der Waals surface area (Å²) in [7, 11) is -3.20. The minimum atomic E-state index is -3.20. The predicted octanol–water partition coefficient (Wildman–Crippen LogP) is 2.70. The molecule has 9 nitrogen and oxygen atoms in total. The fourth-order valence-electron chi connectivity index (χ4n) is 4.41. The highest BCUT2D eigenvalue weighted by Gasteiger charge is 2.32. The van der Waals surface area contributed by atoms with Crippen molar-refractivity contribution in [2.24, 2.45) is 11.7 Å². The number of hydrogen-bond donors (Lipinski definition) is 2. The first-order chi connectivity index (χ1) is 16.7. The van der Waals surface area contributed by atoms with Gasteiger partial charge < -0.3 is 11.1 Å². The summed E-state index contributed by atoms with van der Waals surface area (Å²) in [5, 5.41) is 7.80. The first-order valence-electron chi connectivity index (χ1n) is 11.5. The minimum Gasteiger partial charge on any atom is -0.382 e. The van der Waals surface area contributed by atoms with Gasteiger partial charge in [0.15, 0.2) is 11.5 Å². The van der Waals surface area contributed by atoms with Gasteiger partial charge in [0.2, 0.25) is 0 Å². The fraction of sp³-hybridized carbons (Fsp3) is 0.360. The molecule has 0 radical (unpaired) electrons. The smallest absolute Gasteiger partial charge is 0.269 e. The summed E-state index contributed by atoms with van der Waals surface area (Å²) in [6, 6.07) is 11.5. The van der Waals surface area contributed by atoms with Gasteiger partial charge in [-0.05, 0) is 24.0 Å². The maximum Gasteiger partial charge on any atom is 0.269 e. The number of anilines is 1. The molecule has 3 N–H and O–H groups in total. The number of nitrogens with two attached hydrogens (primary N) is 1. The van der Waals surface area contributed by atoms with Crippen LogP contribution in [0.3, 0.4) is 0 Å². The molecule has 1 aromatic carbocycles. The molecule has 0 fully saturated rings. The molecule has 4 rings (SSSR count). The number of rotatable bonds is 9. The lowest BCUT2D eigenvalue weighted by Crippen LogP contribution is -2.22. The van der Waals surface area contributed by atoms with Crippen LogP contribution < -0.4 is 11.1 Å². The minimum absolute atomic E-state index is 0.0161. The van der Waals surface area contributed by atoms with Gasteiger partial charge >= 0.3 is 0 Å². The maximum atomic E-state index is 13.1. The second-order valence-electron chi connectivity index (χ2n) is 8.97. The van der Waals surface area contributed by atoms with E-state index in [1.165, 1.54) is 6.20 Å². The Morgan fingerprint density at radius 3 is 2.63 bits per heavy atom. The molecular weight excluding hydrogens is 466 g/mol. The summed E-state index contributed by atoms with van der Waals surface area (Å²) in [6.07, 6.45) is 4.75. The van der Waals surface area contributed by atoms with Crippen molar-refractivity contribution in [3.63, 3.8) is 0 Å². The number of carbonyl (C=O) groups excluding carboxylic acids is 2. The third-order valence-electron chi connectivity index (χ3n) is 6.22. The van der Waals surface area contributed by atoms with Gasteiger partial charge in [-0.15, -0.1) is 0 Å². The first-order valence-corrected chi connectivity index (χ1v) is 13.6. The fourth-order valence-corrected chi connectivity index (χ4v) is 4.89. The standard InChI is InChI=1S/C25H29N5O4S/c1-3-16-11-19-22(29-30(24(19)21(31)12-16)15-17-7-5-4-6-8-17)18-13-20(23(25(26)32)28-14-18)27-9-10-35(2,33)34/h4-8,13-14,16,27H,3,9-12,15H2,1-2H3,(H2,26,32). The molecule has 2 heterocycles. The van der Waals surface area contributed by atoms with Crippen molar-refractivity contribution in [2.75, 3.05) is 23.9 Å². The lowest BCUT2D eigenvalue weighted by atomic mass is 9.83.